The van der Waals surface area contributed by atoms with E-state index in [2.05, 4.69) is 15.1 Å². The molecule has 2 aliphatic rings. The molecule has 0 bridgehead atoms. The number of aromatic nitrogens is 3. The molecule has 0 aromatic carbocycles. The van der Waals surface area contributed by atoms with Crippen LogP contribution in [0.1, 0.15) is 52.8 Å². The number of ether oxygens (including phenoxy) is 1. The molecule has 1 saturated heterocycles. The topological polar surface area (TPSA) is 81.0 Å². The third-order valence-corrected chi connectivity index (χ3v) is 4.33. The Balaban J connectivity index is 1.76. The maximum absolute atomic E-state index is 12.2. The first-order valence-corrected chi connectivity index (χ1v) is 7.40. The molecule has 0 amide bonds. The minimum atomic E-state index is 0.166. The molecule has 2 aromatic rings. The lowest BCUT2D eigenvalue weighted by atomic mass is 9.93. The van der Waals surface area contributed by atoms with Crippen LogP contribution in [0.2, 0.25) is 0 Å². The van der Waals surface area contributed by atoms with Crippen LogP contribution in [0.25, 0.3) is 11.5 Å². The molecule has 1 unspecified atom stereocenters. The molecule has 2 aromatic heterocycles. The second-order valence-electron chi connectivity index (χ2n) is 5.77. The van der Waals surface area contributed by atoms with E-state index >= 15 is 0 Å². The van der Waals surface area contributed by atoms with E-state index in [1.807, 2.05) is 6.92 Å². The number of ketones is 1. The molecular formula is C15H17N3O3. The third kappa shape index (κ3) is 2.01. The van der Waals surface area contributed by atoms with E-state index in [0.717, 1.165) is 48.4 Å². The highest BCUT2D eigenvalue weighted by Gasteiger charge is 2.30. The lowest BCUT2D eigenvalue weighted by Crippen LogP contribution is -2.10. The highest BCUT2D eigenvalue weighted by molar-refractivity contribution is 6.04. The molecule has 6 heteroatoms. The Morgan fingerprint density at radius 2 is 2.19 bits per heavy atom. The minimum absolute atomic E-state index is 0.166. The summed E-state index contributed by atoms with van der Waals surface area (Å²) < 4.78 is 10.8. The number of hydrogen-bond donors (Lipinski definition) is 1. The number of H-pyrrole nitrogens is 1. The van der Waals surface area contributed by atoms with Crippen LogP contribution in [0.4, 0.5) is 0 Å². The fourth-order valence-electron chi connectivity index (χ4n) is 3.24. The summed E-state index contributed by atoms with van der Waals surface area (Å²) in [6, 6.07) is 0. The zero-order valence-corrected chi connectivity index (χ0v) is 11.9. The van der Waals surface area contributed by atoms with Crippen LogP contribution < -0.4 is 0 Å². The number of fused-ring (bicyclic) bond motifs is 1. The Morgan fingerprint density at radius 1 is 1.29 bits per heavy atom. The van der Waals surface area contributed by atoms with Crippen molar-refractivity contribution in [2.45, 2.75) is 38.5 Å². The van der Waals surface area contributed by atoms with Crippen molar-refractivity contribution >= 4 is 5.78 Å². The standard InChI is InChI=1S/C15H17N3O3/c1-8-12(13-10(16-8)3-2-4-11(13)19)15-17-14(18-21-15)9-5-6-20-7-9/h9,16H,2-7H2,1H3. The molecule has 4 rings (SSSR count). The second kappa shape index (κ2) is 4.80. The van der Waals surface area contributed by atoms with E-state index in [4.69, 9.17) is 9.26 Å². The van der Waals surface area contributed by atoms with Crippen LogP contribution in [-0.4, -0.2) is 34.1 Å². The SMILES string of the molecule is Cc1[nH]c2c(c1-c1nc(C3CCOC3)no1)C(=O)CCC2. The molecule has 3 heterocycles. The van der Waals surface area contributed by atoms with Gasteiger partial charge in [0.2, 0.25) is 0 Å². The Bertz CT molecular complexity index is 695. The van der Waals surface area contributed by atoms with Crippen molar-refractivity contribution in [1.29, 1.82) is 0 Å². The fraction of sp³-hybridized carbons (Fsp3) is 0.533. The summed E-state index contributed by atoms with van der Waals surface area (Å²) in [5, 5.41) is 4.08. The molecule has 1 aliphatic carbocycles. The summed E-state index contributed by atoms with van der Waals surface area (Å²) in [5.74, 6) is 1.50. The van der Waals surface area contributed by atoms with Gasteiger partial charge in [-0.15, -0.1) is 0 Å². The Hall–Kier alpha value is -1.95. The number of carbonyl (C=O) groups excluding carboxylic acids is 1. The van der Waals surface area contributed by atoms with Gasteiger partial charge in [-0.1, -0.05) is 5.16 Å². The molecule has 0 radical (unpaired) electrons. The van der Waals surface area contributed by atoms with Gasteiger partial charge >= 0.3 is 0 Å². The summed E-state index contributed by atoms with van der Waals surface area (Å²) in [5.41, 5.74) is 3.46. The molecule has 1 aliphatic heterocycles. The number of aryl methyl sites for hydroxylation is 2. The molecule has 1 fully saturated rings. The first-order chi connectivity index (χ1) is 10.2. The van der Waals surface area contributed by atoms with Gasteiger partial charge in [0.25, 0.3) is 5.89 Å². The van der Waals surface area contributed by atoms with Gasteiger partial charge in [0.1, 0.15) is 0 Å². The fourth-order valence-corrected chi connectivity index (χ4v) is 3.24. The van der Waals surface area contributed by atoms with Crippen molar-refractivity contribution in [3.63, 3.8) is 0 Å². The summed E-state index contributed by atoms with van der Waals surface area (Å²) in [7, 11) is 0. The van der Waals surface area contributed by atoms with Crippen LogP contribution in [0.5, 0.6) is 0 Å². The van der Waals surface area contributed by atoms with Crippen molar-refractivity contribution in [2.75, 3.05) is 13.2 Å². The maximum Gasteiger partial charge on any atom is 0.260 e. The van der Waals surface area contributed by atoms with Gasteiger partial charge in [-0.05, 0) is 26.2 Å². The number of aromatic amines is 1. The highest BCUT2D eigenvalue weighted by Crippen LogP contribution is 2.34. The zero-order chi connectivity index (χ0) is 14.4. The third-order valence-electron chi connectivity index (χ3n) is 4.33. The number of Topliss-reactive ketones (excluding diaryl/α,β-unsaturated/α-hetero) is 1. The molecule has 1 atom stereocenters. The Morgan fingerprint density at radius 3 is 3.00 bits per heavy atom. The van der Waals surface area contributed by atoms with Crippen LogP contribution in [0.15, 0.2) is 4.52 Å². The average molecular weight is 287 g/mol. The minimum Gasteiger partial charge on any atom is -0.381 e. The lowest BCUT2D eigenvalue weighted by Gasteiger charge is -2.10. The van der Waals surface area contributed by atoms with Gasteiger partial charge in [-0.2, -0.15) is 4.98 Å². The second-order valence-corrected chi connectivity index (χ2v) is 5.77. The molecule has 0 saturated carbocycles. The van der Waals surface area contributed by atoms with Crippen molar-refractivity contribution < 1.29 is 14.1 Å². The number of hydrogen-bond acceptors (Lipinski definition) is 5. The largest absolute Gasteiger partial charge is 0.381 e. The summed E-state index contributed by atoms with van der Waals surface area (Å²) in [4.78, 5) is 20.0. The van der Waals surface area contributed by atoms with Crippen LogP contribution in [0, 0.1) is 6.92 Å². The zero-order valence-electron chi connectivity index (χ0n) is 11.9. The quantitative estimate of drug-likeness (QED) is 0.917. The summed E-state index contributed by atoms with van der Waals surface area (Å²) in [6.45, 7) is 3.33. The van der Waals surface area contributed by atoms with Gasteiger partial charge in [0, 0.05) is 30.3 Å². The lowest BCUT2D eigenvalue weighted by molar-refractivity contribution is 0.0973. The summed E-state index contributed by atoms with van der Waals surface area (Å²) >= 11 is 0. The number of carbonyl (C=O) groups is 1. The van der Waals surface area contributed by atoms with Crippen molar-refractivity contribution in [2.24, 2.45) is 0 Å². The average Bonchev–Trinajstić information content (AvgIpc) is 3.16. The maximum atomic E-state index is 12.2. The van der Waals surface area contributed by atoms with E-state index in [9.17, 15) is 4.79 Å². The van der Waals surface area contributed by atoms with Crippen LogP contribution in [-0.2, 0) is 11.2 Å². The molecule has 6 nitrogen and oxygen atoms in total. The molecule has 1 N–H and O–H groups in total. The van der Waals surface area contributed by atoms with Crippen molar-refractivity contribution in [3.05, 3.63) is 22.8 Å². The molecule has 0 spiro atoms. The van der Waals surface area contributed by atoms with E-state index in [1.54, 1.807) is 0 Å². The molecule has 110 valence electrons. The van der Waals surface area contributed by atoms with Gasteiger partial charge < -0.3 is 14.2 Å². The van der Waals surface area contributed by atoms with E-state index in [0.29, 0.717) is 24.7 Å². The van der Waals surface area contributed by atoms with E-state index in [-0.39, 0.29) is 11.7 Å². The van der Waals surface area contributed by atoms with Crippen LogP contribution in [0.3, 0.4) is 0 Å². The Kier molecular flexibility index (Phi) is 2.92. The van der Waals surface area contributed by atoms with Gasteiger partial charge in [-0.25, -0.2) is 0 Å². The van der Waals surface area contributed by atoms with Crippen molar-refractivity contribution in [3.8, 4) is 11.5 Å². The summed E-state index contributed by atoms with van der Waals surface area (Å²) in [6.07, 6.45) is 3.32. The number of nitrogens with one attached hydrogen (secondary N) is 1. The predicted octanol–water partition coefficient (Wildman–Crippen LogP) is 2.40. The monoisotopic (exact) mass is 287 g/mol. The smallest absolute Gasteiger partial charge is 0.260 e. The van der Waals surface area contributed by atoms with Crippen molar-refractivity contribution in [1.82, 2.24) is 15.1 Å². The predicted molar refractivity (Wildman–Crippen MR) is 74.3 cm³/mol. The van der Waals surface area contributed by atoms with Gasteiger partial charge in [0.05, 0.1) is 17.7 Å². The number of nitrogens with zero attached hydrogens (tertiary/aromatic N) is 2. The van der Waals surface area contributed by atoms with Gasteiger partial charge in [0.15, 0.2) is 11.6 Å². The van der Waals surface area contributed by atoms with E-state index in [1.165, 1.54) is 0 Å². The van der Waals surface area contributed by atoms with E-state index < -0.39 is 0 Å². The molecular weight excluding hydrogens is 270 g/mol. The first kappa shape index (κ1) is 12.8. The number of rotatable bonds is 2. The first-order valence-electron chi connectivity index (χ1n) is 7.40. The van der Waals surface area contributed by atoms with Gasteiger partial charge in [-0.3, -0.25) is 4.79 Å². The Labute approximate surface area is 121 Å². The normalized spacial score (nSPS) is 21.8. The molecule has 21 heavy (non-hydrogen) atoms. The highest BCUT2D eigenvalue weighted by atomic mass is 16.5. The van der Waals surface area contributed by atoms with Crippen LogP contribution >= 0.6 is 0 Å².